The number of ether oxygens (including phenoxy) is 2. The van der Waals surface area contributed by atoms with Crippen molar-refractivity contribution in [1.29, 1.82) is 0 Å². The van der Waals surface area contributed by atoms with Crippen molar-refractivity contribution in [2.24, 2.45) is 0 Å². The topological polar surface area (TPSA) is 50.7 Å². The Balaban J connectivity index is 1.88. The Kier molecular flexibility index (Phi) is 3.77. The van der Waals surface area contributed by atoms with E-state index >= 15 is 0 Å². The van der Waals surface area contributed by atoms with E-state index in [1.165, 1.54) is 0 Å². The highest BCUT2D eigenvalue weighted by Crippen LogP contribution is 2.18. The number of nitrogens with one attached hydrogen (secondary N) is 1. The number of methoxy groups -OCH3 is 1. The van der Waals surface area contributed by atoms with Crippen molar-refractivity contribution in [1.82, 2.24) is 5.32 Å². The highest BCUT2D eigenvalue weighted by atomic mass is 16.5. The molecule has 0 amide bonds. The van der Waals surface area contributed by atoms with Gasteiger partial charge >= 0.3 is 0 Å². The van der Waals surface area contributed by atoms with Crippen molar-refractivity contribution < 1.29 is 14.6 Å². The molecule has 2 N–H and O–H groups in total. The summed E-state index contributed by atoms with van der Waals surface area (Å²) in [5.74, 6) is 0.767. The minimum Gasteiger partial charge on any atom is -0.497 e. The Hall–Kier alpha value is -1.10. The predicted octanol–water partition coefficient (Wildman–Crippen LogP) is 0.717. The molecular weight excluding hydrogens is 206 g/mol. The second-order valence-electron chi connectivity index (χ2n) is 3.94. The van der Waals surface area contributed by atoms with E-state index in [0.717, 1.165) is 24.5 Å². The lowest BCUT2D eigenvalue weighted by molar-refractivity contribution is -0.00981. The monoisotopic (exact) mass is 223 g/mol. The van der Waals surface area contributed by atoms with Crippen LogP contribution in [-0.4, -0.2) is 38.0 Å². The van der Waals surface area contributed by atoms with Crippen LogP contribution in [0.2, 0.25) is 0 Å². The molecule has 1 aromatic carbocycles. The molecule has 0 spiro atoms. The molecule has 0 aromatic heterocycles. The van der Waals surface area contributed by atoms with Crippen LogP contribution in [0.3, 0.4) is 0 Å². The van der Waals surface area contributed by atoms with Crippen LogP contribution in [0, 0.1) is 0 Å². The molecule has 0 saturated carbocycles. The summed E-state index contributed by atoms with van der Waals surface area (Å²) in [6, 6.07) is 7.88. The molecule has 4 heteroatoms. The SMILES string of the molecule is COc1cccc(C(O)CNC2COC2)c1. The van der Waals surface area contributed by atoms with Crippen molar-refractivity contribution in [3.05, 3.63) is 29.8 Å². The van der Waals surface area contributed by atoms with Crippen molar-refractivity contribution >= 4 is 0 Å². The van der Waals surface area contributed by atoms with Gasteiger partial charge in [0.1, 0.15) is 5.75 Å². The van der Waals surface area contributed by atoms with E-state index in [2.05, 4.69) is 5.32 Å². The molecule has 0 radical (unpaired) electrons. The van der Waals surface area contributed by atoms with Crippen molar-refractivity contribution in [3.8, 4) is 5.75 Å². The maximum Gasteiger partial charge on any atom is 0.119 e. The van der Waals surface area contributed by atoms with Gasteiger partial charge in [-0.25, -0.2) is 0 Å². The van der Waals surface area contributed by atoms with Gasteiger partial charge in [0.15, 0.2) is 0 Å². The average Bonchev–Trinajstić information content (AvgIpc) is 2.27. The molecule has 1 saturated heterocycles. The second-order valence-corrected chi connectivity index (χ2v) is 3.94. The van der Waals surface area contributed by atoms with Crippen molar-refractivity contribution in [2.75, 3.05) is 26.9 Å². The van der Waals surface area contributed by atoms with Gasteiger partial charge in [-0.2, -0.15) is 0 Å². The van der Waals surface area contributed by atoms with Crippen LogP contribution in [0.15, 0.2) is 24.3 Å². The molecule has 16 heavy (non-hydrogen) atoms. The Labute approximate surface area is 95.2 Å². The summed E-state index contributed by atoms with van der Waals surface area (Å²) in [5.41, 5.74) is 0.868. The Morgan fingerprint density at radius 2 is 2.38 bits per heavy atom. The average molecular weight is 223 g/mol. The van der Waals surface area contributed by atoms with Gasteiger partial charge in [0, 0.05) is 6.54 Å². The molecule has 1 aromatic rings. The second kappa shape index (κ2) is 5.30. The minimum atomic E-state index is -0.504. The molecule has 1 aliphatic heterocycles. The van der Waals surface area contributed by atoms with E-state index < -0.39 is 6.10 Å². The minimum absolute atomic E-state index is 0.389. The van der Waals surface area contributed by atoms with E-state index in [4.69, 9.17) is 9.47 Å². The van der Waals surface area contributed by atoms with E-state index in [1.807, 2.05) is 24.3 Å². The third-order valence-electron chi connectivity index (χ3n) is 2.72. The summed E-state index contributed by atoms with van der Waals surface area (Å²) in [4.78, 5) is 0. The van der Waals surface area contributed by atoms with Gasteiger partial charge in [-0.1, -0.05) is 12.1 Å². The summed E-state index contributed by atoms with van der Waals surface area (Å²) in [5, 5.41) is 13.2. The maximum atomic E-state index is 9.95. The first kappa shape index (κ1) is 11.4. The fourth-order valence-corrected chi connectivity index (χ4v) is 1.60. The molecule has 88 valence electrons. The molecule has 1 aliphatic rings. The number of aliphatic hydroxyl groups is 1. The van der Waals surface area contributed by atoms with Crippen molar-refractivity contribution in [2.45, 2.75) is 12.1 Å². The Morgan fingerprint density at radius 3 is 3.00 bits per heavy atom. The third-order valence-corrected chi connectivity index (χ3v) is 2.72. The zero-order valence-corrected chi connectivity index (χ0v) is 9.35. The first-order valence-electron chi connectivity index (χ1n) is 5.42. The largest absolute Gasteiger partial charge is 0.497 e. The zero-order chi connectivity index (χ0) is 11.4. The summed E-state index contributed by atoms with van der Waals surface area (Å²) >= 11 is 0. The van der Waals surface area contributed by atoms with E-state index in [-0.39, 0.29) is 0 Å². The first-order chi connectivity index (χ1) is 7.79. The van der Waals surface area contributed by atoms with Crippen LogP contribution in [0.1, 0.15) is 11.7 Å². The van der Waals surface area contributed by atoms with Gasteiger partial charge < -0.3 is 19.9 Å². The summed E-state index contributed by atoms with van der Waals surface area (Å²) in [7, 11) is 1.62. The first-order valence-corrected chi connectivity index (χ1v) is 5.42. The highest BCUT2D eigenvalue weighted by Gasteiger charge is 2.19. The lowest BCUT2D eigenvalue weighted by atomic mass is 10.1. The van der Waals surface area contributed by atoms with E-state index in [1.54, 1.807) is 7.11 Å². The summed E-state index contributed by atoms with van der Waals surface area (Å²) < 4.78 is 10.2. The Morgan fingerprint density at radius 1 is 1.56 bits per heavy atom. The summed E-state index contributed by atoms with van der Waals surface area (Å²) in [6.07, 6.45) is -0.504. The Bertz CT molecular complexity index is 339. The van der Waals surface area contributed by atoms with E-state index in [0.29, 0.717) is 12.6 Å². The normalized spacial score (nSPS) is 17.9. The van der Waals surface area contributed by atoms with Gasteiger partial charge in [0.05, 0.1) is 32.5 Å². The molecular formula is C12H17NO3. The third kappa shape index (κ3) is 2.72. The number of hydrogen-bond donors (Lipinski definition) is 2. The van der Waals surface area contributed by atoms with Crippen LogP contribution in [0.4, 0.5) is 0 Å². The fraction of sp³-hybridized carbons (Fsp3) is 0.500. The lowest BCUT2D eigenvalue weighted by Gasteiger charge is -2.28. The van der Waals surface area contributed by atoms with Gasteiger partial charge in [-0.3, -0.25) is 0 Å². The predicted molar refractivity (Wildman–Crippen MR) is 60.6 cm³/mol. The van der Waals surface area contributed by atoms with Gasteiger partial charge in [0.25, 0.3) is 0 Å². The highest BCUT2D eigenvalue weighted by molar-refractivity contribution is 5.29. The molecule has 0 aliphatic carbocycles. The van der Waals surface area contributed by atoms with Gasteiger partial charge in [-0.05, 0) is 17.7 Å². The quantitative estimate of drug-likeness (QED) is 0.772. The standard InChI is InChI=1S/C12H17NO3/c1-15-11-4-2-3-9(5-11)12(14)6-13-10-7-16-8-10/h2-5,10,12-14H,6-8H2,1H3. The smallest absolute Gasteiger partial charge is 0.119 e. The van der Waals surface area contributed by atoms with Crippen LogP contribution < -0.4 is 10.1 Å². The number of aliphatic hydroxyl groups excluding tert-OH is 1. The van der Waals surface area contributed by atoms with Gasteiger partial charge in [0.2, 0.25) is 0 Å². The fourth-order valence-electron chi connectivity index (χ4n) is 1.60. The van der Waals surface area contributed by atoms with Crippen LogP contribution in [-0.2, 0) is 4.74 Å². The van der Waals surface area contributed by atoms with Gasteiger partial charge in [-0.15, -0.1) is 0 Å². The van der Waals surface area contributed by atoms with Crippen LogP contribution >= 0.6 is 0 Å². The van der Waals surface area contributed by atoms with Crippen LogP contribution in [0.5, 0.6) is 5.75 Å². The van der Waals surface area contributed by atoms with E-state index in [9.17, 15) is 5.11 Å². The molecule has 1 heterocycles. The zero-order valence-electron chi connectivity index (χ0n) is 9.35. The molecule has 0 bridgehead atoms. The molecule has 2 rings (SSSR count). The maximum absolute atomic E-state index is 9.95. The van der Waals surface area contributed by atoms with Crippen molar-refractivity contribution in [3.63, 3.8) is 0 Å². The molecule has 4 nitrogen and oxygen atoms in total. The summed E-state index contributed by atoms with van der Waals surface area (Å²) in [6.45, 7) is 2.02. The molecule has 1 atom stereocenters. The molecule has 1 fully saturated rings. The number of benzene rings is 1. The number of rotatable bonds is 5. The van der Waals surface area contributed by atoms with Crippen LogP contribution in [0.25, 0.3) is 0 Å². The number of hydrogen-bond acceptors (Lipinski definition) is 4. The lowest BCUT2D eigenvalue weighted by Crippen LogP contribution is -2.47. The molecule has 1 unspecified atom stereocenters.